The molecule has 0 aliphatic carbocycles. The highest BCUT2D eigenvalue weighted by atomic mass is 16.8. The summed E-state index contributed by atoms with van der Waals surface area (Å²) in [6.07, 6.45) is -33.2. The van der Waals surface area contributed by atoms with Crippen molar-refractivity contribution in [1.82, 2.24) is 0 Å². The third kappa shape index (κ3) is 8.70. The number of hydrogen-bond acceptors (Lipinski definition) is 23. The van der Waals surface area contributed by atoms with Gasteiger partial charge in [0.2, 0.25) is 23.8 Å². The molecular formula is C39H50O23. The molecule has 4 aliphatic rings. The molecule has 1 aromatic heterocycles. The van der Waals surface area contributed by atoms with E-state index in [4.69, 9.17) is 42.3 Å². The van der Waals surface area contributed by atoms with Crippen molar-refractivity contribution in [2.24, 2.45) is 0 Å². The lowest BCUT2D eigenvalue weighted by atomic mass is 9.96. The van der Waals surface area contributed by atoms with E-state index in [1.807, 2.05) is 0 Å². The normalized spacial score (nSPS) is 41.5. The topological polar surface area (TPSA) is 367 Å². The smallest absolute Gasteiger partial charge is 0.239 e. The first-order valence-corrected chi connectivity index (χ1v) is 19.6. The maximum Gasteiger partial charge on any atom is 0.239 e. The second-order valence-electron chi connectivity index (χ2n) is 15.6. The molecule has 13 N–H and O–H groups in total. The fourth-order valence-corrected chi connectivity index (χ4v) is 7.61. The van der Waals surface area contributed by atoms with Gasteiger partial charge in [-0.15, -0.1) is 0 Å². The Hall–Kier alpha value is -3.83. The Balaban J connectivity index is 1.29. The number of phenolic OH excluding ortho intramolecular Hbond substituents is 2. The van der Waals surface area contributed by atoms with Crippen LogP contribution in [0.2, 0.25) is 0 Å². The summed E-state index contributed by atoms with van der Waals surface area (Å²) in [6.45, 7) is 3.19. The van der Waals surface area contributed by atoms with E-state index in [2.05, 4.69) is 0 Å². The second kappa shape index (κ2) is 18.3. The number of benzene rings is 2. The van der Waals surface area contributed by atoms with E-state index in [0.717, 1.165) is 12.1 Å². The van der Waals surface area contributed by atoms with Crippen molar-refractivity contribution in [3.63, 3.8) is 0 Å². The molecular weight excluding hydrogens is 836 g/mol. The van der Waals surface area contributed by atoms with Crippen LogP contribution in [-0.2, 0) is 28.4 Å². The van der Waals surface area contributed by atoms with Gasteiger partial charge in [0.25, 0.3) is 0 Å². The summed E-state index contributed by atoms with van der Waals surface area (Å²) < 4.78 is 52.4. The fraction of sp³-hybridized carbons (Fsp3) is 0.615. The second-order valence-corrected chi connectivity index (χ2v) is 15.6. The lowest BCUT2D eigenvalue weighted by Gasteiger charge is -2.48. The third-order valence-corrected chi connectivity index (χ3v) is 11.3. The van der Waals surface area contributed by atoms with Gasteiger partial charge in [0.15, 0.2) is 24.4 Å². The summed E-state index contributed by atoms with van der Waals surface area (Å²) in [4.78, 5) is 14.5. The predicted molar refractivity (Wildman–Crippen MR) is 201 cm³/mol. The van der Waals surface area contributed by atoms with Crippen LogP contribution in [0.3, 0.4) is 0 Å². The number of fused-ring (bicyclic) bond motifs is 1. The zero-order valence-electron chi connectivity index (χ0n) is 33.1. The molecule has 344 valence electrons. The molecule has 62 heavy (non-hydrogen) atoms. The van der Waals surface area contributed by atoms with Crippen LogP contribution in [0.1, 0.15) is 20.8 Å². The van der Waals surface area contributed by atoms with Gasteiger partial charge in [0, 0.05) is 17.7 Å². The molecule has 0 spiro atoms. The summed E-state index contributed by atoms with van der Waals surface area (Å²) in [5, 5.41) is 137. The standard InChI is InChI=1S/C39H50O23/c1-11-21(43)25(47)28(50)36(54-11)57-16-8-17(42)20-18(9-16)58-32(14-4-6-15(41)7-5-14)34(24(20)46)61-39-35(62-38-30(52)27(49)23(45)13(3)56-38)31(53)33(19(10-40)59-39)60-37-29(51)26(48)22(44)12(2)55-37/h4-9,11-13,19,21-23,25-31,33,35-45,47-53H,10H2,1-3H3. The average molecular weight is 887 g/mol. The molecule has 23 nitrogen and oxygen atoms in total. The van der Waals surface area contributed by atoms with Crippen molar-refractivity contribution in [2.45, 2.75) is 144 Å². The Labute approximate surface area is 350 Å². The molecule has 4 aliphatic heterocycles. The quantitative estimate of drug-likeness (QED) is 0.0921. The van der Waals surface area contributed by atoms with Gasteiger partial charge in [-0.05, 0) is 45.0 Å². The molecule has 0 bridgehead atoms. The summed E-state index contributed by atoms with van der Waals surface area (Å²) in [5.74, 6) is -2.31. The Morgan fingerprint density at radius 2 is 1.06 bits per heavy atom. The number of aliphatic hydroxyl groups is 11. The summed E-state index contributed by atoms with van der Waals surface area (Å²) in [6, 6.07) is 7.21. The first-order chi connectivity index (χ1) is 29.3. The van der Waals surface area contributed by atoms with Crippen molar-refractivity contribution in [1.29, 1.82) is 0 Å². The Bertz CT molecular complexity index is 2070. The Morgan fingerprint density at radius 3 is 1.60 bits per heavy atom. The minimum Gasteiger partial charge on any atom is -0.508 e. The summed E-state index contributed by atoms with van der Waals surface area (Å²) in [5.41, 5.74) is -1.36. The monoisotopic (exact) mass is 886 g/mol. The molecule has 7 rings (SSSR count). The maximum absolute atomic E-state index is 14.5. The van der Waals surface area contributed by atoms with Crippen molar-refractivity contribution in [3.05, 3.63) is 46.6 Å². The minimum atomic E-state index is -2.05. The van der Waals surface area contributed by atoms with Crippen LogP contribution >= 0.6 is 0 Å². The van der Waals surface area contributed by atoms with E-state index >= 15 is 0 Å². The molecule has 20 atom stereocenters. The molecule has 0 saturated carbocycles. The van der Waals surface area contributed by atoms with Crippen LogP contribution in [0.5, 0.6) is 23.0 Å². The zero-order chi connectivity index (χ0) is 45.1. The molecule has 0 amide bonds. The van der Waals surface area contributed by atoms with E-state index < -0.39 is 158 Å². The van der Waals surface area contributed by atoms with Crippen LogP contribution < -0.4 is 14.9 Å². The number of phenols is 2. The number of hydrogen-bond donors (Lipinski definition) is 13. The highest BCUT2D eigenvalue weighted by molar-refractivity contribution is 5.88. The molecule has 0 radical (unpaired) electrons. The summed E-state index contributed by atoms with van der Waals surface area (Å²) >= 11 is 0. The van der Waals surface area contributed by atoms with E-state index in [1.165, 1.54) is 45.0 Å². The molecule has 4 saturated heterocycles. The van der Waals surface area contributed by atoms with Crippen LogP contribution in [0.25, 0.3) is 22.3 Å². The van der Waals surface area contributed by atoms with Crippen molar-refractivity contribution in [3.8, 4) is 34.3 Å². The van der Waals surface area contributed by atoms with Gasteiger partial charge >= 0.3 is 0 Å². The average Bonchev–Trinajstić information content (AvgIpc) is 3.24. The predicted octanol–water partition coefficient (Wildman–Crippen LogP) is -4.04. The number of ether oxygens (including phenoxy) is 8. The van der Waals surface area contributed by atoms with Gasteiger partial charge in [-0.1, -0.05) is 0 Å². The number of rotatable bonds is 10. The summed E-state index contributed by atoms with van der Waals surface area (Å²) in [7, 11) is 0. The molecule has 2 aromatic carbocycles. The van der Waals surface area contributed by atoms with Gasteiger partial charge in [0.1, 0.15) is 101 Å². The Kier molecular flexibility index (Phi) is 13.7. The van der Waals surface area contributed by atoms with E-state index in [-0.39, 0.29) is 22.6 Å². The van der Waals surface area contributed by atoms with Gasteiger partial charge in [-0.25, -0.2) is 0 Å². The SMILES string of the molecule is CC1OC(Oc2cc(O)c3c(=O)c(OC4OC(CO)C(OC5OC(C)C(O)C(O)C5O)C(O)C4OC4OC(C)C(O)C(O)C4O)c(-c4ccc(O)cc4)oc3c2)C(O)C(O)C1O. The van der Waals surface area contributed by atoms with E-state index in [0.29, 0.717) is 0 Å². The van der Waals surface area contributed by atoms with Crippen molar-refractivity contribution >= 4 is 11.0 Å². The minimum absolute atomic E-state index is 0.0728. The van der Waals surface area contributed by atoms with Gasteiger partial charge in [0.05, 0.1) is 24.9 Å². The molecule has 3 aromatic rings. The number of aliphatic hydroxyl groups excluding tert-OH is 11. The molecule has 20 unspecified atom stereocenters. The van der Waals surface area contributed by atoms with Crippen molar-refractivity contribution < 1.29 is 109 Å². The van der Waals surface area contributed by atoms with Crippen LogP contribution in [0.15, 0.2) is 45.6 Å². The molecule has 4 fully saturated rings. The fourth-order valence-electron chi connectivity index (χ4n) is 7.61. The maximum atomic E-state index is 14.5. The lowest BCUT2D eigenvalue weighted by molar-refractivity contribution is -0.376. The van der Waals surface area contributed by atoms with Gasteiger partial charge in [-0.2, -0.15) is 0 Å². The van der Waals surface area contributed by atoms with E-state index in [1.54, 1.807) is 0 Å². The highest BCUT2D eigenvalue weighted by Crippen LogP contribution is 2.40. The number of aromatic hydroxyl groups is 2. The Morgan fingerprint density at radius 1 is 0.565 bits per heavy atom. The van der Waals surface area contributed by atoms with Crippen molar-refractivity contribution in [2.75, 3.05) is 6.61 Å². The first kappa shape index (κ1) is 46.2. The third-order valence-electron chi connectivity index (χ3n) is 11.3. The highest BCUT2D eigenvalue weighted by Gasteiger charge is 2.54. The van der Waals surface area contributed by atoms with Gasteiger partial charge in [-0.3, -0.25) is 4.79 Å². The zero-order valence-corrected chi connectivity index (χ0v) is 33.1. The first-order valence-electron chi connectivity index (χ1n) is 19.6. The van der Waals surface area contributed by atoms with E-state index in [9.17, 15) is 71.2 Å². The van der Waals surface area contributed by atoms with Crippen LogP contribution in [0.4, 0.5) is 0 Å². The van der Waals surface area contributed by atoms with Crippen LogP contribution in [-0.4, -0.2) is 196 Å². The molecule has 5 heterocycles. The molecule has 23 heteroatoms. The lowest BCUT2D eigenvalue weighted by Crippen LogP contribution is -2.67. The van der Waals surface area contributed by atoms with Gasteiger partial charge < -0.3 is 109 Å². The largest absolute Gasteiger partial charge is 0.508 e. The van der Waals surface area contributed by atoms with Crippen LogP contribution in [0, 0.1) is 0 Å².